The highest BCUT2D eigenvalue weighted by atomic mass is 14.4. The Morgan fingerprint density at radius 3 is 2.60 bits per heavy atom. The first-order valence-electron chi connectivity index (χ1n) is 6.43. The number of rotatable bonds is 0. The molecule has 0 N–H and O–H groups in total. The maximum absolute atomic E-state index is 2.56. The Bertz CT molecular complexity index is 302. The van der Waals surface area contributed by atoms with Crippen LogP contribution in [-0.2, 0) is 0 Å². The van der Waals surface area contributed by atoms with Crippen LogP contribution in [0.5, 0.6) is 0 Å². The first kappa shape index (κ1) is 11.0. The molecule has 0 aliphatic heterocycles. The normalized spacial score (nSPS) is 35.9. The van der Waals surface area contributed by atoms with Crippen molar-refractivity contribution < 1.29 is 0 Å². The van der Waals surface area contributed by atoms with Gasteiger partial charge in [0, 0.05) is 5.92 Å². The molecule has 3 atom stereocenters. The molecule has 0 heterocycles. The topological polar surface area (TPSA) is 0 Å². The van der Waals surface area contributed by atoms with Crippen LogP contribution in [0, 0.1) is 17.8 Å². The zero-order chi connectivity index (χ0) is 11.0. The molecule has 1 saturated carbocycles. The van der Waals surface area contributed by atoms with Gasteiger partial charge in [0.25, 0.3) is 0 Å². The van der Waals surface area contributed by atoms with Crippen LogP contribution in [0.15, 0.2) is 22.8 Å². The Hall–Kier alpha value is -0.520. The second kappa shape index (κ2) is 4.15. The maximum atomic E-state index is 2.56. The summed E-state index contributed by atoms with van der Waals surface area (Å²) in [6.07, 6.45) is 8.07. The van der Waals surface area contributed by atoms with E-state index in [1.165, 1.54) is 25.7 Å². The van der Waals surface area contributed by atoms with Crippen molar-refractivity contribution in [3.8, 4) is 0 Å². The summed E-state index contributed by atoms with van der Waals surface area (Å²) in [4.78, 5) is 0. The van der Waals surface area contributed by atoms with Gasteiger partial charge in [-0.15, -0.1) is 0 Å². The molecule has 1 fully saturated rings. The SMILES string of the molecule is CC1=C[C@@H]2C(=C(C)C)CC[C@H](C)[C@H]2CC1. The van der Waals surface area contributed by atoms with E-state index in [-0.39, 0.29) is 0 Å². The third-order valence-corrected chi connectivity index (χ3v) is 4.44. The Kier molecular flexibility index (Phi) is 3.04. The molecule has 0 unspecified atom stereocenters. The molecule has 15 heavy (non-hydrogen) atoms. The standard InChI is InChI=1S/C15H24/c1-10(2)13-8-6-12(4)14-7-5-11(3)9-15(13)14/h9,12,14-15H,5-8H2,1-4H3/t12-,14+,15+/m0/s1. The summed E-state index contributed by atoms with van der Waals surface area (Å²) in [5.74, 6) is 2.65. The summed E-state index contributed by atoms with van der Waals surface area (Å²) >= 11 is 0. The summed E-state index contributed by atoms with van der Waals surface area (Å²) in [5.41, 5.74) is 4.93. The van der Waals surface area contributed by atoms with Crippen LogP contribution in [0.2, 0.25) is 0 Å². The van der Waals surface area contributed by atoms with E-state index in [1.807, 2.05) is 0 Å². The molecular formula is C15H24. The van der Waals surface area contributed by atoms with Crippen molar-refractivity contribution in [3.63, 3.8) is 0 Å². The lowest BCUT2D eigenvalue weighted by molar-refractivity contribution is 0.223. The van der Waals surface area contributed by atoms with Crippen molar-refractivity contribution in [1.29, 1.82) is 0 Å². The van der Waals surface area contributed by atoms with Crippen molar-refractivity contribution in [2.75, 3.05) is 0 Å². The Morgan fingerprint density at radius 1 is 1.20 bits per heavy atom. The average Bonchev–Trinajstić information content (AvgIpc) is 2.17. The fraction of sp³-hybridized carbons (Fsp3) is 0.733. The minimum Gasteiger partial charge on any atom is -0.0781 e. The predicted octanol–water partition coefficient (Wildman–Crippen LogP) is 4.73. The van der Waals surface area contributed by atoms with E-state index < -0.39 is 0 Å². The highest BCUT2D eigenvalue weighted by Gasteiger charge is 2.34. The molecule has 0 aromatic rings. The van der Waals surface area contributed by atoms with Crippen molar-refractivity contribution in [1.82, 2.24) is 0 Å². The maximum Gasteiger partial charge on any atom is 0.00127 e. The molecule has 0 aromatic heterocycles. The van der Waals surface area contributed by atoms with E-state index in [0.29, 0.717) is 0 Å². The predicted molar refractivity (Wildman–Crippen MR) is 66.7 cm³/mol. The van der Waals surface area contributed by atoms with Gasteiger partial charge in [0.15, 0.2) is 0 Å². The van der Waals surface area contributed by atoms with Crippen molar-refractivity contribution in [2.24, 2.45) is 17.8 Å². The molecule has 0 nitrogen and oxygen atoms in total. The van der Waals surface area contributed by atoms with Crippen LogP contribution in [0.4, 0.5) is 0 Å². The molecule has 2 aliphatic rings. The van der Waals surface area contributed by atoms with Crippen LogP contribution in [0.1, 0.15) is 53.4 Å². The third-order valence-electron chi connectivity index (χ3n) is 4.44. The third kappa shape index (κ3) is 2.04. The van der Waals surface area contributed by atoms with E-state index in [2.05, 4.69) is 33.8 Å². The summed E-state index contributed by atoms with van der Waals surface area (Å²) in [5, 5.41) is 0. The van der Waals surface area contributed by atoms with E-state index in [9.17, 15) is 0 Å². The fourth-order valence-corrected chi connectivity index (χ4v) is 3.43. The second-order valence-corrected chi connectivity index (χ2v) is 5.78. The van der Waals surface area contributed by atoms with Gasteiger partial charge in [0.2, 0.25) is 0 Å². The molecule has 2 aliphatic carbocycles. The summed E-state index contributed by atoms with van der Waals surface area (Å²) in [6, 6.07) is 0. The van der Waals surface area contributed by atoms with Crippen LogP contribution < -0.4 is 0 Å². The molecule has 0 spiro atoms. The number of fused-ring (bicyclic) bond motifs is 1. The Balaban J connectivity index is 2.33. The Labute approximate surface area is 94.5 Å². The molecule has 0 radical (unpaired) electrons. The molecule has 0 saturated heterocycles. The smallest absolute Gasteiger partial charge is 0.00127 e. The lowest BCUT2D eigenvalue weighted by Gasteiger charge is -2.41. The Morgan fingerprint density at radius 2 is 1.93 bits per heavy atom. The first-order chi connectivity index (χ1) is 7.09. The van der Waals surface area contributed by atoms with Gasteiger partial charge >= 0.3 is 0 Å². The molecular weight excluding hydrogens is 180 g/mol. The monoisotopic (exact) mass is 204 g/mol. The molecule has 0 bridgehead atoms. The molecule has 0 heteroatoms. The quantitative estimate of drug-likeness (QED) is 0.501. The van der Waals surface area contributed by atoms with Crippen molar-refractivity contribution >= 4 is 0 Å². The van der Waals surface area contributed by atoms with Gasteiger partial charge < -0.3 is 0 Å². The summed E-state index contributed by atoms with van der Waals surface area (Å²) in [7, 11) is 0. The lowest BCUT2D eigenvalue weighted by Crippen LogP contribution is -2.30. The van der Waals surface area contributed by atoms with Crippen molar-refractivity contribution in [3.05, 3.63) is 22.8 Å². The summed E-state index contributed by atoms with van der Waals surface area (Å²) in [6.45, 7) is 9.34. The highest BCUT2D eigenvalue weighted by molar-refractivity contribution is 5.26. The molecule has 0 amide bonds. The van der Waals surface area contributed by atoms with Gasteiger partial charge in [-0.3, -0.25) is 0 Å². The molecule has 2 rings (SSSR count). The van der Waals surface area contributed by atoms with E-state index in [4.69, 9.17) is 0 Å². The van der Waals surface area contributed by atoms with Crippen molar-refractivity contribution in [2.45, 2.75) is 53.4 Å². The minimum atomic E-state index is 0.785. The van der Waals surface area contributed by atoms with Gasteiger partial charge in [-0.1, -0.05) is 29.7 Å². The summed E-state index contributed by atoms with van der Waals surface area (Å²) < 4.78 is 0. The van der Waals surface area contributed by atoms with Crippen LogP contribution >= 0.6 is 0 Å². The average molecular weight is 204 g/mol. The van der Waals surface area contributed by atoms with Crippen LogP contribution in [-0.4, -0.2) is 0 Å². The zero-order valence-electron chi connectivity index (χ0n) is 10.6. The second-order valence-electron chi connectivity index (χ2n) is 5.78. The fourth-order valence-electron chi connectivity index (χ4n) is 3.43. The molecule has 0 aromatic carbocycles. The van der Waals surface area contributed by atoms with Gasteiger partial charge in [0.1, 0.15) is 0 Å². The minimum absolute atomic E-state index is 0.785. The molecule has 84 valence electrons. The number of hydrogen-bond acceptors (Lipinski definition) is 0. The zero-order valence-corrected chi connectivity index (χ0v) is 10.6. The number of allylic oxidation sites excluding steroid dienone is 4. The first-order valence-corrected chi connectivity index (χ1v) is 6.43. The lowest BCUT2D eigenvalue weighted by atomic mass is 9.64. The van der Waals surface area contributed by atoms with Gasteiger partial charge in [-0.2, -0.15) is 0 Å². The highest BCUT2D eigenvalue weighted by Crippen LogP contribution is 2.46. The van der Waals surface area contributed by atoms with E-state index in [0.717, 1.165) is 17.8 Å². The van der Waals surface area contributed by atoms with E-state index >= 15 is 0 Å². The van der Waals surface area contributed by atoms with Crippen LogP contribution in [0.3, 0.4) is 0 Å². The van der Waals surface area contributed by atoms with Crippen LogP contribution in [0.25, 0.3) is 0 Å². The van der Waals surface area contributed by atoms with Gasteiger partial charge in [-0.05, 0) is 58.3 Å². The largest absolute Gasteiger partial charge is 0.0781 e. The number of hydrogen-bond donors (Lipinski definition) is 0. The van der Waals surface area contributed by atoms with Gasteiger partial charge in [0.05, 0.1) is 0 Å². The van der Waals surface area contributed by atoms with Gasteiger partial charge in [-0.25, -0.2) is 0 Å². The van der Waals surface area contributed by atoms with E-state index in [1.54, 1.807) is 16.7 Å².